The Morgan fingerprint density at radius 1 is 1.19 bits per heavy atom. The van der Waals surface area contributed by atoms with Crippen LogP contribution >= 0.6 is 11.3 Å². The summed E-state index contributed by atoms with van der Waals surface area (Å²) in [6, 6.07) is 10.2. The van der Waals surface area contributed by atoms with E-state index in [0.29, 0.717) is 13.1 Å². The van der Waals surface area contributed by atoms with Gasteiger partial charge in [-0.1, -0.05) is 36.4 Å². The van der Waals surface area contributed by atoms with Gasteiger partial charge in [0.1, 0.15) is 10.7 Å². The zero-order valence-electron chi connectivity index (χ0n) is 15.5. The summed E-state index contributed by atoms with van der Waals surface area (Å²) in [5, 5.41) is 1.01. The summed E-state index contributed by atoms with van der Waals surface area (Å²) in [6.45, 7) is 10.8. The SMILES string of the molecule is C=CCN(CCc1ccccc1)C(=O)c1sc2nc(C)nc(C)c2c1C. The molecular formula is C21H23N3OS. The van der Waals surface area contributed by atoms with Crippen molar-refractivity contribution < 1.29 is 4.79 Å². The Morgan fingerprint density at radius 3 is 2.62 bits per heavy atom. The predicted octanol–water partition coefficient (Wildman–Crippen LogP) is 4.49. The molecule has 0 saturated carbocycles. The van der Waals surface area contributed by atoms with Gasteiger partial charge in [-0.2, -0.15) is 0 Å². The fourth-order valence-corrected chi connectivity index (χ4v) is 4.41. The highest BCUT2D eigenvalue weighted by Crippen LogP contribution is 2.32. The van der Waals surface area contributed by atoms with Gasteiger partial charge >= 0.3 is 0 Å². The molecule has 0 spiro atoms. The summed E-state index contributed by atoms with van der Waals surface area (Å²) in [7, 11) is 0. The number of carbonyl (C=O) groups excluding carboxylic acids is 1. The number of hydrogen-bond acceptors (Lipinski definition) is 4. The smallest absolute Gasteiger partial charge is 0.264 e. The Kier molecular flexibility index (Phi) is 5.47. The largest absolute Gasteiger partial charge is 0.334 e. The number of aromatic nitrogens is 2. The highest BCUT2D eigenvalue weighted by Gasteiger charge is 2.22. The van der Waals surface area contributed by atoms with E-state index in [1.807, 2.05) is 43.9 Å². The van der Waals surface area contributed by atoms with Gasteiger partial charge in [0.2, 0.25) is 0 Å². The van der Waals surface area contributed by atoms with Crippen LogP contribution in [-0.2, 0) is 6.42 Å². The Bertz CT molecular complexity index is 947. The van der Waals surface area contributed by atoms with E-state index < -0.39 is 0 Å². The summed E-state index contributed by atoms with van der Waals surface area (Å²) < 4.78 is 0. The molecular weight excluding hydrogens is 342 g/mol. The van der Waals surface area contributed by atoms with Gasteiger partial charge in [-0.05, 0) is 38.3 Å². The fourth-order valence-electron chi connectivity index (χ4n) is 3.16. The van der Waals surface area contributed by atoms with Crippen LogP contribution in [0.15, 0.2) is 43.0 Å². The normalized spacial score (nSPS) is 10.9. The van der Waals surface area contributed by atoms with E-state index in [-0.39, 0.29) is 5.91 Å². The van der Waals surface area contributed by atoms with E-state index in [2.05, 4.69) is 28.7 Å². The van der Waals surface area contributed by atoms with Crippen molar-refractivity contribution in [3.63, 3.8) is 0 Å². The second kappa shape index (κ2) is 7.79. The van der Waals surface area contributed by atoms with Gasteiger partial charge in [0, 0.05) is 24.2 Å². The Morgan fingerprint density at radius 2 is 1.92 bits per heavy atom. The monoisotopic (exact) mass is 365 g/mol. The van der Waals surface area contributed by atoms with Crippen molar-refractivity contribution in [2.75, 3.05) is 13.1 Å². The third-order valence-corrected chi connectivity index (χ3v) is 5.60. The first kappa shape index (κ1) is 18.3. The maximum absolute atomic E-state index is 13.2. The average molecular weight is 366 g/mol. The van der Waals surface area contributed by atoms with Gasteiger partial charge in [-0.25, -0.2) is 9.97 Å². The van der Waals surface area contributed by atoms with Crippen molar-refractivity contribution in [1.82, 2.24) is 14.9 Å². The first-order valence-electron chi connectivity index (χ1n) is 8.69. The molecule has 0 fully saturated rings. The van der Waals surface area contributed by atoms with Crippen LogP contribution in [0.1, 0.15) is 32.3 Å². The summed E-state index contributed by atoms with van der Waals surface area (Å²) in [5.74, 6) is 0.778. The molecule has 0 atom stereocenters. The van der Waals surface area contributed by atoms with Gasteiger partial charge in [-0.3, -0.25) is 4.79 Å². The van der Waals surface area contributed by atoms with E-state index in [1.54, 1.807) is 6.08 Å². The number of aryl methyl sites for hydroxylation is 3. The number of nitrogens with zero attached hydrogens (tertiary/aromatic N) is 3. The number of fused-ring (bicyclic) bond motifs is 1. The molecule has 3 aromatic rings. The third-order valence-electron chi connectivity index (χ3n) is 4.43. The van der Waals surface area contributed by atoms with Crippen LogP contribution in [0, 0.1) is 20.8 Å². The Labute approximate surface area is 158 Å². The molecule has 1 aromatic carbocycles. The molecule has 3 rings (SSSR count). The predicted molar refractivity (Wildman–Crippen MR) is 108 cm³/mol. The lowest BCUT2D eigenvalue weighted by Crippen LogP contribution is -2.33. The lowest BCUT2D eigenvalue weighted by molar-refractivity contribution is 0.0780. The molecule has 0 saturated heterocycles. The van der Waals surface area contributed by atoms with Gasteiger partial charge < -0.3 is 4.90 Å². The van der Waals surface area contributed by atoms with Crippen LogP contribution in [0.5, 0.6) is 0 Å². The van der Waals surface area contributed by atoms with E-state index in [4.69, 9.17) is 0 Å². The summed E-state index contributed by atoms with van der Waals surface area (Å²) >= 11 is 1.46. The first-order valence-corrected chi connectivity index (χ1v) is 9.51. The summed E-state index contributed by atoms with van der Waals surface area (Å²) in [6.07, 6.45) is 2.60. The molecule has 26 heavy (non-hydrogen) atoms. The van der Waals surface area contributed by atoms with E-state index in [1.165, 1.54) is 16.9 Å². The Balaban J connectivity index is 1.89. The zero-order valence-corrected chi connectivity index (χ0v) is 16.3. The Hall–Kier alpha value is -2.53. The molecule has 0 aliphatic carbocycles. The lowest BCUT2D eigenvalue weighted by atomic mass is 10.1. The van der Waals surface area contributed by atoms with Gasteiger partial charge in [0.25, 0.3) is 5.91 Å². The highest BCUT2D eigenvalue weighted by molar-refractivity contribution is 7.20. The van der Waals surface area contributed by atoms with Crippen LogP contribution < -0.4 is 0 Å². The van der Waals surface area contributed by atoms with Gasteiger partial charge in [0.05, 0.1) is 4.88 Å². The second-order valence-electron chi connectivity index (χ2n) is 6.37. The quantitative estimate of drug-likeness (QED) is 0.605. The molecule has 0 unspecified atom stereocenters. The van der Waals surface area contributed by atoms with Crippen molar-refractivity contribution in [2.24, 2.45) is 0 Å². The molecule has 2 aromatic heterocycles. The maximum atomic E-state index is 13.2. The fraction of sp³-hybridized carbons (Fsp3) is 0.286. The zero-order chi connectivity index (χ0) is 18.7. The number of carbonyl (C=O) groups is 1. The molecule has 1 amide bonds. The van der Waals surface area contributed by atoms with Crippen molar-refractivity contribution in [1.29, 1.82) is 0 Å². The third kappa shape index (κ3) is 3.68. The molecule has 134 valence electrons. The minimum absolute atomic E-state index is 0.0402. The standard InChI is InChI=1S/C21H23N3OS/c1-5-12-24(13-11-17-9-7-6-8-10-17)21(25)19-14(2)18-15(3)22-16(4)23-20(18)26-19/h5-10H,1,11-13H2,2-4H3. The summed E-state index contributed by atoms with van der Waals surface area (Å²) in [5.41, 5.74) is 3.13. The minimum atomic E-state index is 0.0402. The topological polar surface area (TPSA) is 46.1 Å². The van der Waals surface area contributed by atoms with Crippen LogP contribution in [0.3, 0.4) is 0 Å². The highest BCUT2D eigenvalue weighted by atomic mass is 32.1. The molecule has 5 heteroatoms. The molecule has 0 aliphatic heterocycles. The van der Waals surface area contributed by atoms with Crippen molar-refractivity contribution in [3.05, 3.63) is 70.5 Å². The number of amides is 1. The number of rotatable bonds is 6. The van der Waals surface area contributed by atoms with Crippen molar-refractivity contribution in [3.8, 4) is 0 Å². The summed E-state index contributed by atoms with van der Waals surface area (Å²) in [4.78, 5) is 25.6. The average Bonchev–Trinajstić information content (AvgIpc) is 2.95. The molecule has 4 nitrogen and oxygen atoms in total. The number of thiophene rings is 1. The lowest BCUT2D eigenvalue weighted by Gasteiger charge is -2.21. The molecule has 0 aliphatic rings. The second-order valence-corrected chi connectivity index (χ2v) is 7.37. The van der Waals surface area contributed by atoms with Crippen molar-refractivity contribution >= 4 is 27.5 Å². The van der Waals surface area contributed by atoms with Crippen molar-refractivity contribution in [2.45, 2.75) is 27.2 Å². The molecule has 0 radical (unpaired) electrons. The van der Waals surface area contributed by atoms with E-state index in [0.717, 1.165) is 38.6 Å². The number of hydrogen-bond donors (Lipinski definition) is 0. The van der Waals surface area contributed by atoms with Crippen LogP contribution in [0.25, 0.3) is 10.2 Å². The first-order chi connectivity index (χ1) is 12.5. The van der Waals surface area contributed by atoms with Crippen LogP contribution in [-0.4, -0.2) is 33.9 Å². The van der Waals surface area contributed by atoms with Crippen LogP contribution in [0.4, 0.5) is 0 Å². The molecule has 0 bridgehead atoms. The van der Waals surface area contributed by atoms with Crippen LogP contribution in [0.2, 0.25) is 0 Å². The van der Waals surface area contributed by atoms with Gasteiger partial charge in [-0.15, -0.1) is 17.9 Å². The minimum Gasteiger partial charge on any atom is -0.334 e. The van der Waals surface area contributed by atoms with Gasteiger partial charge in [0.15, 0.2) is 0 Å². The number of benzene rings is 1. The van der Waals surface area contributed by atoms with E-state index in [9.17, 15) is 4.79 Å². The molecule has 2 heterocycles. The van der Waals surface area contributed by atoms with E-state index >= 15 is 0 Å². The maximum Gasteiger partial charge on any atom is 0.264 e. The molecule has 0 N–H and O–H groups in total.